The molecule has 0 amide bonds. The fraction of sp³-hybridized carbons (Fsp3) is 0.176. The molecule has 0 saturated carbocycles. The molecule has 156 valence electrons. The highest BCUT2D eigenvalue weighted by Crippen LogP contribution is 2.30. The van der Waals surface area contributed by atoms with Crippen LogP contribution in [0.3, 0.4) is 0 Å². The third-order valence-electron chi connectivity index (χ3n) is 4.23. The number of pyridine rings is 1. The van der Waals surface area contributed by atoms with E-state index in [4.69, 9.17) is 0 Å². The van der Waals surface area contributed by atoms with Gasteiger partial charge in [-0.1, -0.05) is 6.92 Å². The number of halogens is 4. The van der Waals surface area contributed by atoms with Gasteiger partial charge in [0.2, 0.25) is 0 Å². The van der Waals surface area contributed by atoms with E-state index in [1.54, 1.807) is 6.20 Å². The summed E-state index contributed by atoms with van der Waals surface area (Å²) in [5, 5.41) is 7.54. The minimum absolute atomic E-state index is 0.0316. The molecule has 0 N–H and O–H groups in total. The van der Waals surface area contributed by atoms with Crippen LogP contribution in [0.1, 0.15) is 12.6 Å². The summed E-state index contributed by atoms with van der Waals surface area (Å²) in [7, 11) is -3.73. The van der Waals surface area contributed by atoms with Gasteiger partial charge in [-0.15, -0.1) is 0 Å². The average molecular weight is 501 g/mol. The van der Waals surface area contributed by atoms with Crippen LogP contribution < -0.4 is 0 Å². The van der Waals surface area contributed by atoms with Crippen molar-refractivity contribution < 1.29 is 21.6 Å². The normalized spacial score (nSPS) is 12.6. The van der Waals surface area contributed by atoms with E-state index in [1.165, 1.54) is 42.3 Å². The summed E-state index contributed by atoms with van der Waals surface area (Å²) in [5.74, 6) is -0.193. The first-order chi connectivity index (χ1) is 14.1. The van der Waals surface area contributed by atoms with Gasteiger partial charge in [-0.2, -0.15) is 23.4 Å². The summed E-state index contributed by atoms with van der Waals surface area (Å²) in [4.78, 5) is 8.28. The lowest BCUT2D eigenvalue weighted by Crippen LogP contribution is -2.09. The molecule has 13 heteroatoms. The van der Waals surface area contributed by atoms with Crippen LogP contribution in [-0.2, 0) is 16.0 Å². The molecule has 4 aromatic rings. The number of alkyl halides is 3. The van der Waals surface area contributed by atoms with E-state index in [0.29, 0.717) is 10.2 Å². The van der Waals surface area contributed by atoms with Gasteiger partial charge in [0.1, 0.15) is 5.69 Å². The molecule has 0 radical (unpaired) electrons. The molecule has 0 unspecified atom stereocenters. The number of sulfone groups is 1. The Hall–Kier alpha value is -2.80. The molecule has 0 atom stereocenters. The molecule has 0 aliphatic rings. The maximum absolute atomic E-state index is 12.9. The summed E-state index contributed by atoms with van der Waals surface area (Å²) in [6.07, 6.45) is 1.23. The van der Waals surface area contributed by atoms with Crippen LogP contribution in [0.2, 0.25) is 0 Å². The van der Waals surface area contributed by atoms with E-state index in [9.17, 15) is 21.6 Å². The van der Waals surface area contributed by atoms with Gasteiger partial charge in [-0.05, 0) is 28.1 Å². The molecular weight excluding hydrogens is 489 g/mol. The summed E-state index contributed by atoms with van der Waals surface area (Å²) in [6, 6.07) is 3.55. The summed E-state index contributed by atoms with van der Waals surface area (Å²) < 4.78 is 67.3. The summed E-state index contributed by atoms with van der Waals surface area (Å²) in [6.45, 7) is 1.49. The molecule has 0 aromatic carbocycles. The lowest BCUT2D eigenvalue weighted by Gasteiger charge is -2.11. The lowest BCUT2D eigenvalue weighted by molar-refractivity contribution is -0.141. The Balaban J connectivity index is 1.89. The Bertz CT molecular complexity index is 1360. The van der Waals surface area contributed by atoms with Gasteiger partial charge in [0, 0.05) is 18.5 Å². The molecule has 4 aromatic heterocycles. The van der Waals surface area contributed by atoms with Gasteiger partial charge in [-0.3, -0.25) is 4.98 Å². The topological polar surface area (TPSA) is 95.0 Å². The molecular formula is C17H12BrF3N6O2S. The highest BCUT2D eigenvalue weighted by Gasteiger charge is 2.34. The standard InChI is InChI=1S/C17H12BrF3N6O2S/c1-2-30(28,29)13-5-11(27-9-10(18)7-23-27)8-22-16(13)12-3-4-26-15(24-12)6-14(25-26)17(19,20)21/h3-9H,2H2,1H3. The zero-order chi connectivity index (χ0) is 21.7. The molecule has 4 rings (SSSR count). The quantitative estimate of drug-likeness (QED) is 0.425. The number of rotatable bonds is 4. The molecule has 8 nitrogen and oxygen atoms in total. The Morgan fingerprint density at radius 1 is 1.20 bits per heavy atom. The van der Waals surface area contributed by atoms with Gasteiger partial charge >= 0.3 is 6.18 Å². The van der Waals surface area contributed by atoms with Crippen molar-refractivity contribution in [2.45, 2.75) is 18.0 Å². The zero-order valence-corrected chi connectivity index (χ0v) is 17.6. The van der Waals surface area contributed by atoms with E-state index < -0.39 is 21.7 Å². The first kappa shape index (κ1) is 20.5. The van der Waals surface area contributed by atoms with Crippen LogP contribution in [0.25, 0.3) is 22.7 Å². The smallest absolute Gasteiger partial charge is 0.251 e. The SMILES string of the molecule is CCS(=O)(=O)c1cc(-n2cc(Br)cn2)cnc1-c1ccn2nc(C(F)(F)F)cc2n1. The second-order valence-electron chi connectivity index (χ2n) is 6.19. The van der Waals surface area contributed by atoms with Crippen molar-refractivity contribution in [1.29, 1.82) is 0 Å². The van der Waals surface area contributed by atoms with Gasteiger partial charge in [-0.25, -0.2) is 22.6 Å². The molecule has 4 heterocycles. The van der Waals surface area contributed by atoms with Crippen molar-refractivity contribution in [3.63, 3.8) is 0 Å². The van der Waals surface area contributed by atoms with Crippen LogP contribution in [0.5, 0.6) is 0 Å². The minimum atomic E-state index is -4.62. The van der Waals surface area contributed by atoms with E-state index >= 15 is 0 Å². The molecule has 0 saturated heterocycles. The molecule has 0 aliphatic carbocycles. The van der Waals surface area contributed by atoms with Crippen LogP contribution in [0.15, 0.2) is 52.4 Å². The Morgan fingerprint density at radius 3 is 2.60 bits per heavy atom. The predicted molar refractivity (Wildman–Crippen MR) is 104 cm³/mol. The highest BCUT2D eigenvalue weighted by atomic mass is 79.9. The Morgan fingerprint density at radius 2 is 1.97 bits per heavy atom. The number of nitrogens with zero attached hydrogens (tertiary/aromatic N) is 6. The van der Waals surface area contributed by atoms with Crippen molar-refractivity contribution in [3.05, 3.63) is 53.2 Å². The van der Waals surface area contributed by atoms with Gasteiger partial charge in [0.25, 0.3) is 0 Å². The van der Waals surface area contributed by atoms with Crippen molar-refractivity contribution in [1.82, 2.24) is 29.4 Å². The lowest BCUT2D eigenvalue weighted by atomic mass is 10.2. The van der Waals surface area contributed by atoms with Gasteiger partial charge < -0.3 is 0 Å². The summed E-state index contributed by atoms with van der Waals surface area (Å²) >= 11 is 3.27. The second-order valence-corrected chi connectivity index (χ2v) is 9.35. The van der Waals surface area contributed by atoms with E-state index in [2.05, 4.69) is 36.1 Å². The average Bonchev–Trinajstić information content (AvgIpc) is 3.33. The largest absolute Gasteiger partial charge is 0.435 e. The first-order valence-electron chi connectivity index (χ1n) is 8.46. The van der Waals surface area contributed by atoms with Crippen LogP contribution >= 0.6 is 15.9 Å². The highest BCUT2D eigenvalue weighted by molar-refractivity contribution is 9.10. The maximum atomic E-state index is 12.9. The fourth-order valence-corrected chi connectivity index (χ4v) is 4.09. The van der Waals surface area contributed by atoms with Crippen LogP contribution in [0.4, 0.5) is 13.2 Å². The molecule has 0 fully saturated rings. The fourth-order valence-electron chi connectivity index (χ4n) is 2.74. The van der Waals surface area contributed by atoms with Crippen molar-refractivity contribution in [2.75, 3.05) is 5.75 Å². The first-order valence-corrected chi connectivity index (χ1v) is 10.9. The minimum Gasteiger partial charge on any atom is -0.251 e. The van der Waals surface area contributed by atoms with Crippen LogP contribution in [-0.4, -0.2) is 43.5 Å². The maximum Gasteiger partial charge on any atom is 0.435 e. The Kier molecular flexibility index (Phi) is 4.89. The monoisotopic (exact) mass is 500 g/mol. The third kappa shape index (κ3) is 3.69. The van der Waals surface area contributed by atoms with Gasteiger partial charge in [0.15, 0.2) is 21.2 Å². The third-order valence-corrected chi connectivity index (χ3v) is 6.38. The number of fused-ring (bicyclic) bond motifs is 1. The second kappa shape index (κ2) is 7.16. The van der Waals surface area contributed by atoms with E-state index in [0.717, 1.165) is 10.6 Å². The molecule has 0 spiro atoms. The van der Waals surface area contributed by atoms with E-state index in [-0.39, 0.29) is 27.7 Å². The number of hydrogen-bond acceptors (Lipinski definition) is 6. The zero-order valence-electron chi connectivity index (χ0n) is 15.2. The van der Waals surface area contributed by atoms with Crippen molar-refractivity contribution >= 4 is 31.4 Å². The molecule has 0 bridgehead atoms. The molecule has 30 heavy (non-hydrogen) atoms. The van der Waals surface area contributed by atoms with Gasteiger partial charge in [0.05, 0.1) is 38.9 Å². The summed E-state index contributed by atoms with van der Waals surface area (Å²) in [5.41, 5.74) is -0.635. The Labute approximate surface area is 176 Å². The predicted octanol–water partition coefficient (Wildman–Crippen LogP) is 3.55. The van der Waals surface area contributed by atoms with E-state index in [1.807, 2.05) is 0 Å². The number of hydrogen-bond donors (Lipinski definition) is 0. The number of aromatic nitrogens is 6. The van der Waals surface area contributed by atoms with Crippen LogP contribution in [0, 0.1) is 0 Å². The van der Waals surface area contributed by atoms with Crippen molar-refractivity contribution in [2.24, 2.45) is 0 Å². The molecule has 0 aliphatic heterocycles. The van der Waals surface area contributed by atoms with Crippen molar-refractivity contribution in [3.8, 4) is 17.1 Å².